The Balaban J connectivity index is 1.38. The molecule has 1 aromatic carbocycles. The van der Waals surface area contributed by atoms with Gasteiger partial charge in [0.05, 0.1) is 0 Å². The maximum absolute atomic E-state index is 12.6. The summed E-state index contributed by atoms with van der Waals surface area (Å²) >= 11 is 1.21. The topological polar surface area (TPSA) is 105 Å². The van der Waals surface area contributed by atoms with Crippen LogP contribution in [0.2, 0.25) is 0 Å². The second kappa shape index (κ2) is 7.82. The van der Waals surface area contributed by atoms with Crippen molar-refractivity contribution < 1.29 is 17.6 Å². The highest BCUT2D eigenvalue weighted by molar-refractivity contribution is 7.91. The molecule has 1 aliphatic heterocycles. The number of carbonyl (C=O) groups is 1. The molecule has 0 spiro atoms. The molecule has 8 nitrogen and oxygen atoms in total. The summed E-state index contributed by atoms with van der Waals surface area (Å²) in [5, 5.41) is 12.2. The molecule has 146 valence electrons. The Morgan fingerprint density at radius 3 is 2.71 bits per heavy atom. The second-order valence-electron chi connectivity index (χ2n) is 6.42. The Labute approximate surface area is 166 Å². The van der Waals surface area contributed by atoms with E-state index in [0.29, 0.717) is 47.3 Å². The zero-order chi connectivity index (χ0) is 19.6. The molecule has 0 radical (unpaired) electrons. The van der Waals surface area contributed by atoms with Crippen molar-refractivity contribution in [3.8, 4) is 11.5 Å². The van der Waals surface area contributed by atoms with Crippen LogP contribution in [-0.2, 0) is 14.8 Å². The molecule has 4 rings (SSSR count). The fourth-order valence-electron chi connectivity index (χ4n) is 3.17. The number of amides is 1. The van der Waals surface area contributed by atoms with Gasteiger partial charge in [-0.3, -0.25) is 4.79 Å². The molecule has 1 amide bonds. The van der Waals surface area contributed by atoms with Crippen molar-refractivity contribution in [1.82, 2.24) is 14.5 Å². The lowest BCUT2D eigenvalue weighted by atomic mass is 9.97. The number of sulfonamides is 1. The molecule has 1 N–H and O–H groups in total. The summed E-state index contributed by atoms with van der Waals surface area (Å²) < 4.78 is 32.1. The van der Waals surface area contributed by atoms with Gasteiger partial charge in [-0.2, -0.15) is 4.31 Å². The number of benzene rings is 1. The zero-order valence-electron chi connectivity index (χ0n) is 14.8. The summed E-state index contributed by atoms with van der Waals surface area (Å²) in [6, 6.07) is 10.5. The molecule has 0 bridgehead atoms. The van der Waals surface area contributed by atoms with E-state index in [1.54, 1.807) is 35.7 Å². The van der Waals surface area contributed by atoms with Crippen LogP contribution in [0.5, 0.6) is 0 Å². The van der Waals surface area contributed by atoms with E-state index in [-0.39, 0.29) is 11.8 Å². The molecule has 0 aliphatic carbocycles. The van der Waals surface area contributed by atoms with E-state index in [1.165, 1.54) is 22.0 Å². The molecule has 3 heterocycles. The first-order valence-electron chi connectivity index (χ1n) is 8.75. The number of nitrogens with zero attached hydrogens (tertiary/aromatic N) is 3. The summed E-state index contributed by atoms with van der Waals surface area (Å²) in [5.41, 5.74) is 1.35. The van der Waals surface area contributed by atoms with E-state index >= 15 is 0 Å². The minimum atomic E-state index is -3.46. The average Bonchev–Trinajstić information content (AvgIpc) is 3.42. The Morgan fingerprint density at radius 2 is 2.04 bits per heavy atom. The molecule has 28 heavy (non-hydrogen) atoms. The minimum absolute atomic E-state index is 0.115. The van der Waals surface area contributed by atoms with Crippen LogP contribution >= 0.6 is 11.3 Å². The maximum Gasteiger partial charge on any atom is 0.252 e. The second-order valence-corrected chi connectivity index (χ2v) is 9.54. The van der Waals surface area contributed by atoms with E-state index in [2.05, 4.69) is 15.5 Å². The van der Waals surface area contributed by atoms with Crippen LogP contribution in [0, 0.1) is 5.92 Å². The van der Waals surface area contributed by atoms with Gasteiger partial charge in [-0.05, 0) is 42.5 Å². The number of hydrogen-bond donors (Lipinski definition) is 1. The number of anilines is 1. The first kappa shape index (κ1) is 18.8. The smallest absolute Gasteiger partial charge is 0.252 e. The van der Waals surface area contributed by atoms with Crippen LogP contribution in [0.1, 0.15) is 12.8 Å². The highest BCUT2D eigenvalue weighted by atomic mass is 32.2. The lowest BCUT2D eigenvalue weighted by Crippen LogP contribution is -2.41. The van der Waals surface area contributed by atoms with E-state index in [9.17, 15) is 13.2 Å². The standard InChI is InChI=1S/C18H18N4O4S2/c23-17(20-15-4-1-3-14(11-15)18-21-19-12-26-18)13-6-8-22(9-7-13)28(24,25)16-5-2-10-27-16/h1-5,10-13H,6-9H2,(H,20,23). The van der Waals surface area contributed by atoms with Crippen LogP contribution in [0.15, 0.2) is 56.8 Å². The van der Waals surface area contributed by atoms with Gasteiger partial charge in [-0.1, -0.05) is 12.1 Å². The van der Waals surface area contributed by atoms with Gasteiger partial charge in [0.2, 0.25) is 18.2 Å². The zero-order valence-corrected chi connectivity index (χ0v) is 16.4. The number of hydrogen-bond acceptors (Lipinski definition) is 7. The molecule has 0 unspecified atom stereocenters. The van der Waals surface area contributed by atoms with Crippen molar-refractivity contribution in [3.63, 3.8) is 0 Å². The van der Waals surface area contributed by atoms with E-state index in [1.807, 2.05) is 6.07 Å². The first-order chi connectivity index (χ1) is 13.5. The third-order valence-corrected chi connectivity index (χ3v) is 7.92. The maximum atomic E-state index is 12.6. The molecule has 2 aromatic heterocycles. The average molecular weight is 419 g/mol. The summed E-state index contributed by atoms with van der Waals surface area (Å²) in [4.78, 5) is 12.6. The summed E-state index contributed by atoms with van der Waals surface area (Å²) in [7, 11) is -3.46. The molecule has 1 saturated heterocycles. The van der Waals surface area contributed by atoms with Crippen molar-refractivity contribution >= 4 is 33.0 Å². The predicted octanol–water partition coefficient (Wildman–Crippen LogP) is 2.84. The number of rotatable bonds is 5. The van der Waals surface area contributed by atoms with Gasteiger partial charge in [-0.25, -0.2) is 8.42 Å². The Bertz CT molecular complexity index is 1040. The molecule has 0 atom stereocenters. The van der Waals surface area contributed by atoms with Gasteiger partial charge in [0.15, 0.2) is 0 Å². The third kappa shape index (κ3) is 3.84. The van der Waals surface area contributed by atoms with Gasteiger partial charge in [0, 0.05) is 30.3 Å². The van der Waals surface area contributed by atoms with Crippen molar-refractivity contribution in [2.24, 2.45) is 5.92 Å². The molecule has 0 saturated carbocycles. The van der Waals surface area contributed by atoms with Gasteiger partial charge < -0.3 is 9.73 Å². The number of carbonyl (C=O) groups excluding carboxylic acids is 1. The van der Waals surface area contributed by atoms with Crippen molar-refractivity contribution in [2.45, 2.75) is 17.1 Å². The predicted molar refractivity (Wildman–Crippen MR) is 104 cm³/mol. The number of piperidine rings is 1. The van der Waals surface area contributed by atoms with Crippen LogP contribution < -0.4 is 5.32 Å². The number of thiophene rings is 1. The van der Waals surface area contributed by atoms with Gasteiger partial charge >= 0.3 is 0 Å². The van der Waals surface area contributed by atoms with E-state index < -0.39 is 10.0 Å². The monoisotopic (exact) mass is 418 g/mol. The minimum Gasteiger partial charge on any atom is -0.423 e. The molecule has 1 fully saturated rings. The summed E-state index contributed by atoms with van der Waals surface area (Å²) in [6.45, 7) is 0.667. The van der Waals surface area contributed by atoms with Crippen molar-refractivity contribution in [3.05, 3.63) is 48.2 Å². The van der Waals surface area contributed by atoms with Gasteiger partial charge in [-0.15, -0.1) is 21.5 Å². The Hall–Kier alpha value is -2.56. The molecule has 10 heteroatoms. The van der Waals surface area contributed by atoms with Crippen LogP contribution in [0.25, 0.3) is 11.5 Å². The van der Waals surface area contributed by atoms with Gasteiger partial charge in [0.25, 0.3) is 10.0 Å². The highest BCUT2D eigenvalue weighted by Crippen LogP contribution is 2.27. The van der Waals surface area contributed by atoms with Crippen LogP contribution in [0.3, 0.4) is 0 Å². The molecular formula is C18H18N4O4S2. The van der Waals surface area contributed by atoms with Crippen molar-refractivity contribution in [1.29, 1.82) is 0 Å². The Morgan fingerprint density at radius 1 is 1.21 bits per heavy atom. The lowest BCUT2D eigenvalue weighted by Gasteiger charge is -2.30. The summed E-state index contributed by atoms with van der Waals surface area (Å²) in [6.07, 6.45) is 2.22. The van der Waals surface area contributed by atoms with Crippen LogP contribution in [-0.4, -0.2) is 41.9 Å². The SMILES string of the molecule is O=C(Nc1cccc(-c2nnco2)c1)C1CCN(S(=O)(=O)c2cccs2)CC1. The quantitative estimate of drug-likeness (QED) is 0.683. The molecular weight excluding hydrogens is 400 g/mol. The molecule has 3 aromatic rings. The summed E-state index contributed by atoms with van der Waals surface area (Å²) in [5.74, 6) is 0.0286. The largest absolute Gasteiger partial charge is 0.423 e. The van der Waals surface area contributed by atoms with E-state index in [0.717, 1.165) is 0 Å². The normalized spacial score (nSPS) is 16.1. The number of aromatic nitrogens is 2. The highest BCUT2D eigenvalue weighted by Gasteiger charge is 2.32. The third-order valence-electron chi connectivity index (χ3n) is 4.65. The molecule has 1 aliphatic rings. The fourth-order valence-corrected chi connectivity index (χ4v) is 5.78. The lowest BCUT2D eigenvalue weighted by molar-refractivity contribution is -0.120. The van der Waals surface area contributed by atoms with Crippen molar-refractivity contribution in [2.75, 3.05) is 18.4 Å². The number of nitrogens with one attached hydrogen (secondary N) is 1. The van der Waals surface area contributed by atoms with E-state index in [4.69, 9.17) is 4.42 Å². The first-order valence-corrected chi connectivity index (χ1v) is 11.1. The van der Waals surface area contributed by atoms with Gasteiger partial charge in [0.1, 0.15) is 4.21 Å². The van der Waals surface area contributed by atoms with Crippen LogP contribution in [0.4, 0.5) is 5.69 Å². The fraction of sp³-hybridized carbons (Fsp3) is 0.278. The Kier molecular flexibility index (Phi) is 5.25.